The molecule has 3 aliphatic rings. The summed E-state index contributed by atoms with van der Waals surface area (Å²) in [4.78, 5) is 5.11. The van der Waals surface area contributed by atoms with E-state index in [1.807, 2.05) is 0 Å². The van der Waals surface area contributed by atoms with Gasteiger partial charge in [-0.1, -0.05) is 0 Å². The number of piperidine rings is 2. The molecule has 3 aliphatic heterocycles. The summed E-state index contributed by atoms with van der Waals surface area (Å²) in [5, 5.41) is 3.79. The van der Waals surface area contributed by atoms with Crippen molar-refractivity contribution in [2.45, 2.75) is 50.6 Å². The first kappa shape index (κ1) is 13.8. The van der Waals surface area contributed by atoms with Crippen molar-refractivity contribution in [3.8, 4) is 0 Å². The van der Waals surface area contributed by atoms with E-state index in [1.54, 1.807) is 0 Å². The van der Waals surface area contributed by atoms with Crippen LogP contribution in [0.5, 0.6) is 0 Å². The van der Waals surface area contributed by atoms with Gasteiger partial charge in [-0.25, -0.2) is 0 Å². The van der Waals surface area contributed by atoms with Crippen molar-refractivity contribution < 1.29 is 0 Å². The van der Waals surface area contributed by atoms with E-state index in [2.05, 4.69) is 29.2 Å². The van der Waals surface area contributed by atoms with E-state index in [0.29, 0.717) is 0 Å². The molecule has 2 bridgehead atoms. The molecule has 110 valence electrons. The Labute approximate surface area is 118 Å². The average Bonchev–Trinajstić information content (AvgIpc) is 2.64. The second-order valence-electron chi connectivity index (χ2n) is 7.29. The van der Waals surface area contributed by atoms with Crippen molar-refractivity contribution in [1.29, 1.82) is 0 Å². The standard InChI is InChI=1S/C16H31N3/c1-18-7-5-13(6-8-18)11-17-12-14-9-15-3-4-16(10-14)19(15)2/h13-17H,3-12H2,1-2H3. The van der Waals surface area contributed by atoms with Gasteiger partial charge in [0.1, 0.15) is 0 Å². The van der Waals surface area contributed by atoms with E-state index in [1.165, 1.54) is 64.7 Å². The predicted molar refractivity (Wildman–Crippen MR) is 80.4 cm³/mol. The van der Waals surface area contributed by atoms with Crippen molar-refractivity contribution in [2.24, 2.45) is 11.8 Å². The minimum Gasteiger partial charge on any atom is -0.316 e. The molecule has 3 nitrogen and oxygen atoms in total. The van der Waals surface area contributed by atoms with Crippen LogP contribution in [0.4, 0.5) is 0 Å². The molecule has 1 N–H and O–H groups in total. The first-order chi connectivity index (χ1) is 9.22. The quantitative estimate of drug-likeness (QED) is 0.836. The molecule has 0 aliphatic carbocycles. The van der Waals surface area contributed by atoms with Crippen LogP contribution >= 0.6 is 0 Å². The molecular weight excluding hydrogens is 234 g/mol. The Morgan fingerprint density at radius 2 is 1.42 bits per heavy atom. The maximum atomic E-state index is 3.79. The van der Waals surface area contributed by atoms with Crippen molar-refractivity contribution in [2.75, 3.05) is 40.3 Å². The second-order valence-corrected chi connectivity index (χ2v) is 7.29. The van der Waals surface area contributed by atoms with E-state index in [9.17, 15) is 0 Å². The van der Waals surface area contributed by atoms with Gasteiger partial charge in [0, 0.05) is 12.1 Å². The highest BCUT2D eigenvalue weighted by atomic mass is 15.2. The lowest BCUT2D eigenvalue weighted by Crippen LogP contribution is -2.43. The summed E-state index contributed by atoms with van der Waals surface area (Å²) in [5.74, 6) is 1.87. The van der Waals surface area contributed by atoms with E-state index in [-0.39, 0.29) is 0 Å². The van der Waals surface area contributed by atoms with Crippen LogP contribution in [0.3, 0.4) is 0 Å². The third-order valence-corrected chi connectivity index (χ3v) is 5.90. The number of likely N-dealkylation sites (tertiary alicyclic amines) is 1. The number of rotatable bonds is 4. The normalized spacial score (nSPS) is 37.9. The van der Waals surface area contributed by atoms with Crippen molar-refractivity contribution in [3.05, 3.63) is 0 Å². The lowest BCUT2D eigenvalue weighted by Gasteiger charge is -2.37. The first-order valence-electron chi connectivity index (χ1n) is 8.33. The maximum Gasteiger partial charge on any atom is 0.00988 e. The Balaban J connectivity index is 1.35. The summed E-state index contributed by atoms with van der Waals surface area (Å²) in [7, 11) is 4.59. The number of fused-ring (bicyclic) bond motifs is 2. The molecule has 19 heavy (non-hydrogen) atoms. The topological polar surface area (TPSA) is 18.5 Å². The highest BCUT2D eigenvalue weighted by Gasteiger charge is 2.37. The summed E-state index contributed by atoms with van der Waals surface area (Å²) in [6, 6.07) is 1.79. The molecule has 3 heteroatoms. The van der Waals surface area contributed by atoms with Crippen LogP contribution in [-0.4, -0.2) is 62.2 Å². The van der Waals surface area contributed by atoms with Gasteiger partial charge in [-0.15, -0.1) is 0 Å². The highest BCUT2D eigenvalue weighted by molar-refractivity contribution is 4.93. The fourth-order valence-corrected chi connectivity index (χ4v) is 4.45. The molecule has 3 rings (SSSR count). The van der Waals surface area contributed by atoms with Gasteiger partial charge in [-0.2, -0.15) is 0 Å². The molecular formula is C16H31N3. The van der Waals surface area contributed by atoms with Gasteiger partial charge in [0.25, 0.3) is 0 Å². The first-order valence-corrected chi connectivity index (χ1v) is 8.33. The Hall–Kier alpha value is -0.120. The molecule has 0 aromatic heterocycles. The second kappa shape index (κ2) is 6.11. The summed E-state index contributed by atoms with van der Waals surface area (Å²) in [6.45, 7) is 5.12. The molecule has 0 aromatic rings. The van der Waals surface area contributed by atoms with Gasteiger partial charge in [0.15, 0.2) is 0 Å². The Bertz CT molecular complexity index is 272. The Morgan fingerprint density at radius 3 is 2.05 bits per heavy atom. The summed E-state index contributed by atoms with van der Waals surface area (Å²) in [6.07, 6.45) is 8.56. The van der Waals surface area contributed by atoms with Crippen LogP contribution in [0, 0.1) is 11.8 Å². The van der Waals surface area contributed by atoms with E-state index in [4.69, 9.17) is 0 Å². The summed E-state index contributed by atoms with van der Waals surface area (Å²) in [5.41, 5.74) is 0. The van der Waals surface area contributed by atoms with E-state index in [0.717, 1.165) is 23.9 Å². The van der Waals surface area contributed by atoms with E-state index < -0.39 is 0 Å². The zero-order valence-electron chi connectivity index (χ0n) is 12.8. The number of hydrogen-bond donors (Lipinski definition) is 1. The molecule has 2 atom stereocenters. The summed E-state index contributed by atoms with van der Waals surface area (Å²) < 4.78 is 0. The monoisotopic (exact) mass is 265 g/mol. The summed E-state index contributed by atoms with van der Waals surface area (Å²) >= 11 is 0. The third kappa shape index (κ3) is 3.32. The fraction of sp³-hybridized carbons (Fsp3) is 1.00. The largest absolute Gasteiger partial charge is 0.316 e. The van der Waals surface area contributed by atoms with E-state index >= 15 is 0 Å². The van der Waals surface area contributed by atoms with Crippen molar-refractivity contribution in [1.82, 2.24) is 15.1 Å². The molecule has 0 radical (unpaired) electrons. The lowest BCUT2D eigenvalue weighted by atomic mass is 9.90. The molecule has 3 heterocycles. The van der Waals surface area contributed by atoms with Crippen LogP contribution in [0.15, 0.2) is 0 Å². The predicted octanol–water partition coefficient (Wildman–Crippen LogP) is 1.79. The van der Waals surface area contributed by atoms with Crippen LogP contribution in [0.25, 0.3) is 0 Å². The highest BCUT2D eigenvalue weighted by Crippen LogP contribution is 2.37. The smallest absolute Gasteiger partial charge is 0.00988 e. The Morgan fingerprint density at radius 1 is 0.842 bits per heavy atom. The molecule has 3 saturated heterocycles. The number of nitrogens with one attached hydrogen (secondary N) is 1. The minimum absolute atomic E-state index is 0.897. The Kier molecular flexibility index (Phi) is 4.45. The molecule has 0 amide bonds. The average molecular weight is 265 g/mol. The maximum absolute atomic E-state index is 3.79. The zero-order valence-corrected chi connectivity index (χ0v) is 12.8. The fourth-order valence-electron chi connectivity index (χ4n) is 4.45. The molecule has 0 aromatic carbocycles. The van der Waals surface area contributed by atoms with Crippen LogP contribution in [0.2, 0.25) is 0 Å². The van der Waals surface area contributed by atoms with Crippen LogP contribution in [0.1, 0.15) is 38.5 Å². The lowest BCUT2D eigenvalue weighted by molar-refractivity contribution is 0.131. The van der Waals surface area contributed by atoms with Crippen molar-refractivity contribution >= 4 is 0 Å². The van der Waals surface area contributed by atoms with Gasteiger partial charge in [-0.05, 0) is 90.6 Å². The number of hydrogen-bond acceptors (Lipinski definition) is 3. The molecule has 0 spiro atoms. The molecule has 2 unspecified atom stereocenters. The van der Waals surface area contributed by atoms with Gasteiger partial charge in [-0.3, -0.25) is 0 Å². The SMILES string of the molecule is CN1CCC(CNCC2CC3CCC(C2)N3C)CC1. The number of nitrogens with zero attached hydrogens (tertiary/aromatic N) is 2. The molecule has 0 saturated carbocycles. The van der Waals surface area contributed by atoms with Crippen LogP contribution in [-0.2, 0) is 0 Å². The molecule has 3 fully saturated rings. The van der Waals surface area contributed by atoms with Gasteiger partial charge < -0.3 is 15.1 Å². The third-order valence-electron chi connectivity index (χ3n) is 5.90. The van der Waals surface area contributed by atoms with Crippen molar-refractivity contribution in [3.63, 3.8) is 0 Å². The minimum atomic E-state index is 0.897. The van der Waals surface area contributed by atoms with Gasteiger partial charge in [0.05, 0.1) is 0 Å². The van der Waals surface area contributed by atoms with Gasteiger partial charge >= 0.3 is 0 Å². The van der Waals surface area contributed by atoms with Gasteiger partial charge in [0.2, 0.25) is 0 Å². The van der Waals surface area contributed by atoms with Crippen LogP contribution < -0.4 is 5.32 Å². The zero-order chi connectivity index (χ0) is 13.2.